The molecule has 116 valence electrons. The fourth-order valence-corrected chi connectivity index (χ4v) is 2.91. The molecule has 3 aromatic rings. The van der Waals surface area contributed by atoms with Crippen LogP contribution in [0.25, 0.3) is 0 Å². The maximum atomic E-state index is 11.1. The lowest BCUT2D eigenvalue weighted by molar-refractivity contribution is -0.134. The Morgan fingerprint density at radius 2 is 1.87 bits per heavy atom. The first-order chi connectivity index (χ1) is 11.3. The van der Waals surface area contributed by atoms with Gasteiger partial charge in [0.15, 0.2) is 0 Å². The topological polar surface area (TPSA) is 55.0 Å². The van der Waals surface area contributed by atoms with Crippen LogP contribution in [0.15, 0.2) is 67.1 Å². The van der Waals surface area contributed by atoms with Crippen LogP contribution in [-0.4, -0.2) is 16.4 Å². The summed E-state index contributed by atoms with van der Waals surface area (Å²) in [5, 5.41) is 0.596. The molecule has 1 N–H and O–H groups in total. The summed E-state index contributed by atoms with van der Waals surface area (Å²) < 4.78 is 5.44. The first-order valence-electron chi connectivity index (χ1n) is 7.17. The van der Waals surface area contributed by atoms with Crippen LogP contribution in [-0.2, 0) is 9.53 Å². The van der Waals surface area contributed by atoms with Gasteiger partial charge in [-0.3, -0.25) is 4.79 Å². The molecule has 5 heteroatoms. The predicted molar refractivity (Wildman–Crippen MR) is 88.2 cm³/mol. The Kier molecular flexibility index (Phi) is 4.74. The summed E-state index contributed by atoms with van der Waals surface area (Å²) in [7, 11) is 0. The quantitative estimate of drug-likeness (QED) is 0.693. The molecule has 0 spiro atoms. The fraction of sp³-hybridized carbons (Fsp3) is 0.111. The Morgan fingerprint density at radius 1 is 1.09 bits per heavy atom. The van der Waals surface area contributed by atoms with Crippen molar-refractivity contribution in [2.75, 3.05) is 0 Å². The number of carbonyl (C=O) groups excluding carboxylic acids is 1. The first kappa shape index (κ1) is 15.3. The highest BCUT2D eigenvalue weighted by atomic mass is 35.5. The van der Waals surface area contributed by atoms with Crippen LogP contribution >= 0.6 is 11.6 Å². The second-order valence-corrected chi connectivity index (χ2v) is 5.54. The number of halogens is 1. The van der Waals surface area contributed by atoms with E-state index in [4.69, 9.17) is 16.3 Å². The van der Waals surface area contributed by atoms with Crippen LogP contribution in [0.5, 0.6) is 0 Å². The van der Waals surface area contributed by atoms with Crippen LogP contribution in [0, 0.1) is 0 Å². The number of hydrogen-bond donors (Lipinski definition) is 1. The van der Waals surface area contributed by atoms with Crippen molar-refractivity contribution in [3.05, 3.63) is 89.0 Å². The molecule has 0 saturated heterocycles. The Labute approximate surface area is 139 Å². The largest absolute Gasteiger partial charge is 0.459 e. The van der Waals surface area contributed by atoms with Gasteiger partial charge in [-0.25, -0.2) is 4.98 Å². The van der Waals surface area contributed by atoms with Crippen LogP contribution in [0.4, 0.5) is 0 Å². The number of rotatable bonds is 6. The van der Waals surface area contributed by atoms with E-state index in [1.165, 1.54) is 0 Å². The number of benzene rings is 2. The number of aromatic nitrogens is 2. The van der Waals surface area contributed by atoms with E-state index < -0.39 is 6.10 Å². The molecule has 0 aliphatic rings. The van der Waals surface area contributed by atoms with Crippen molar-refractivity contribution in [3.63, 3.8) is 0 Å². The van der Waals surface area contributed by atoms with Gasteiger partial charge in [-0.05, 0) is 23.3 Å². The molecule has 0 saturated carbocycles. The van der Waals surface area contributed by atoms with Crippen molar-refractivity contribution in [3.8, 4) is 0 Å². The number of hydrogen-bond acceptors (Lipinski definition) is 3. The normalized spacial score (nSPS) is 13.3. The first-order valence-corrected chi connectivity index (χ1v) is 7.55. The molecule has 0 bridgehead atoms. The van der Waals surface area contributed by atoms with Gasteiger partial charge in [0.2, 0.25) is 0 Å². The van der Waals surface area contributed by atoms with Crippen LogP contribution in [0.3, 0.4) is 0 Å². The van der Waals surface area contributed by atoms with Crippen LogP contribution in [0.1, 0.15) is 28.8 Å². The lowest BCUT2D eigenvalue weighted by Crippen LogP contribution is -2.16. The van der Waals surface area contributed by atoms with Crippen molar-refractivity contribution in [1.82, 2.24) is 9.97 Å². The smallest absolute Gasteiger partial charge is 0.293 e. The summed E-state index contributed by atoms with van der Waals surface area (Å²) in [6.07, 6.45) is 2.85. The molecule has 1 aromatic heterocycles. The zero-order valence-corrected chi connectivity index (χ0v) is 13.0. The van der Waals surface area contributed by atoms with E-state index in [-0.39, 0.29) is 5.92 Å². The van der Waals surface area contributed by atoms with E-state index in [9.17, 15) is 4.79 Å². The van der Waals surface area contributed by atoms with Gasteiger partial charge in [-0.15, -0.1) is 0 Å². The van der Waals surface area contributed by atoms with Crippen molar-refractivity contribution in [1.29, 1.82) is 0 Å². The van der Waals surface area contributed by atoms with Gasteiger partial charge < -0.3 is 9.72 Å². The highest BCUT2D eigenvalue weighted by Crippen LogP contribution is 2.38. The molecule has 0 aliphatic carbocycles. The molecule has 2 aromatic carbocycles. The summed E-state index contributed by atoms with van der Waals surface area (Å²) >= 11 is 6.10. The van der Waals surface area contributed by atoms with Crippen molar-refractivity contribution in [2.45, 2.75) is 12.0 Å². The number of aromatic amines is 1. The minimum atomic E-state index is -0.506. The Bertz CT molecular complexity index is 760. The van der Waals surface area contributed by atoms with Gasteiger partial charge in [-0.1, -0.05) is 54.1 Å². The highest BCUT2D eigenvalue weighted by molar-refractivity contribution is 6.30. The van der Waals surface area contributed by atoms with E-state index >= 15 is 0 Å². The molecule has 2 atom stereocenters. The Hall–Kier alpha value is -2.59. The average molecular weight is 327 g/mol. The minimum absolute atomic E-state index is 0.206. The van der Waals surface area contributed by atoms with Gasteiger partial charge in [0.05, 0.1) is 12.2 Å². The van der Waals surface area contributed by atoms with Crippen LogP contribution in [0.2, 0.25) is 5.02 Å². The highest BCUT2D eigenvalue weighted by Gasteiger charge is 2.29. The molecular weight excluding hydrogens is 312 g/mol. The second-order valence-electron chi connectivity index (χ2n) is 5.10. The van der Waals surface area contributed by atoms with Gasteiger partial charge in [-0.2, -0.15) is 0 Å². The molecule has 0 amide bonds. The number of nitrogens with zero attached hydrogens (tertiary/aromatic N) is 1. The maximum absolute atomic E-state index is 11.1. The van der Waals surface area contributed by atoms with E-state index in [1.54, 1.807) is 18.6 Å². The molecule has 23 heavy (non-hydrogen) atoms. The summed E-state index contributed by atoms with van der Waals surface area (Å²) in [5.74, 6) is -0.206. The molecule has 3 rings (SSSR count). The fourth-order valence-electron chi connectivity index (χ4n) is 2.71. The van der Waals surface area contributed by atoms with Gasteiger partial charge in [0, 0.05) is 16.9 Å². The van der Waals surface area contributed by atoms with E-state index in [0.29, 0.717) is 11.5 Å². The summed E-state index contributed by atoms with van der Waals surface area (Å²) in [4.78, 5) is 18.3. The van der Waals surface area contributed by atoms with Crippen molar-refractivity contribution < 1.29 is 9.53 Å². The number of ether oxygens (including phenoxy) is 1. The second kappa shape index (κ2) is 7.11. The minimum Gasteiger partial charge on any atom is -0.459 e. The number of imidazole rings is 1. The Balaban J connectivity index is 2.10. The van der Waals surface area contributed by atoms with Gasteiger partial charge in [0.1, 0.15) is 6.10 Å². The molecular formula is C18H15ClN2O2. The zero-order valence-electron chi connectivity index (χ0n) is 12.2. The third kappa shape index (κ3) is 3.43. The molecule has 1 heterocycles. The van der Waals surface area contributed by atoms with E-state index in [0.717, 1.165) is 16.8 Å². The molecule has 0 radical (unpaired) electrons. The monoisotopic (exact) mass is 326 g/mol. The van der Waals surface area contributed by atoms with Crippen molar-refractivity contribution >= 4 is 18.1 Å². The predicted octanol–water partition coefficient (Wildman–Crippen LogP) is 4.11. The molecule has 0 aliphatic heterocycles. The summed E-state index contributed by atoms with van der Waals surface area (Å²) in [6.45, 7) is 0.470. The molecule has 0 fully saturated rings. The zero-order chi connectivity index (χ0) is 16.1. The van der Waals surface area contributed by atoms with E-state index in [1.807, 2.05) is 48.5 Å². The lowest BCUT2D eigenvalue weighted by Gasteiger charge is -2.25. The average Bonchev–Trinajstić information content (AvgIpc) is 3.09. The summed E-state index contributed by atoms with van der Waals surface area (Å²) in [5.41, 5.74) is 2.71. The number of nitrogens with one attached hydrogen (secondary N) is 1. The third-order valence-electron chi connectivity index (χ3n) is 3.70. The SMILES string of the molecule is O=COC(c1cccc(Cl)c1)C(c1ccccc1)c1cnc[nH]1. The van der Waals surface area contributed by atoms with Gasteiger partial charge >= 0.3 is 0 Å². The maximum Gasteiger partial charge on any atom is 0.293 e. The molecule has 4 nitrogen and oxygen atoms in total. The Morgan fingerprint density at radius 3 is 2.52 bits per heavy atom. The summed E-state index contributed by atoms with van der Waals surface area (Å²) in [6, 6.07) is 17.2. The lowest BCUT2D eigenvalue weighted by atomic mass is 9.87. The molecule has 2 unspecified atom stereocenters. The van der Waals surface area contributed by atoms with E-state index in [2.05, 4.69) is 9.97 Å². The number of H-pyrrole nitrogens is 1. The number of carbonyl (C=O) groups is 1. The third-order valence-corrected chi connectivity index (χ3v) is 3.93. The van der Waals surface area contributed by atoms with Crippen molar-refractivity contribution in [2.24, 2.45) is 0 Å². The van der Waals surface area contributed by atoms with Crippen LogP contribution < -0.4 is 0 Å². The standard InChI is InChI=1S/C18H15ClN2O2/c19-15-8-4-7-14(9-15)18(23-12-22)17(16-10-20-11-21-16)13-5-2-1-3-6-13/h1-12,17-18H,(H,20,21). The van der Waals surface area contributed by atoms with Gasteiger partial charge in [0.25, 0.3) is 6.47 Å².